The summed E-state index contributed by atoms with van der Waals surface area (Å²) in [6, 6.07) is -3.06. The molecule has 0 aromatic carbocycles. The van der Waals surface area contributed by atoms with Gasteiger partial charge in [-0.1, -0.05) is 41.5 Å². The van der Waals surface area contributed by atoms with E-state index in [1.807, 2.05) is 13.8 Å². The topological polar surface area (TPSA) is 137 Å². The monoisotopic (exact) mass is 412 g/mol. The Hall–Kier alpha value is -2.16. The predicted octanol–water partition coefficient (Wildman–Crippen LogP) is 0.245. The van der Waals surface area contributed by atoms with Crippen LogP contribution in [0.2, 0.25) is 0 Å². The van der Waals surface area contributed by atoms with Gasteiger partial charge in [-0.15, -0.1) is 0 Å². The fourth-order valence-electron chi connectivity index (χ4n) is 3.23. The summed E-state index contributed by atoms with van der Waals surface area (Å²) in [5, 5.41) is 20.4. The minimum atomic E-state index is -1.13. The highest BCUT2D eigenvalue weighted by molar-refractivity contribution is 5.94. The molecular weight excluding hydrogens is 376 g/mol. The number of nitrogens with one attached hydrogen (secondary N) is 4. The molecule has 4 atom stereocenters. The molecule has 0 bridgehead atoms. The van der Waals surface area contributed by atoms with E-state index in [4.69, 9.17) is 0 Å². The third-order valence-corrected chi connectivity index (χ3v) is 5.10. The first kappa shape index (κ1) is 24.9. The predicted molar refractivity (Wildman–Crippen MR) is 109 cm³/mol. The zero-order valence-corrected chi connectivity index (χ0v) is 18.2. The molecule has 29 heavy (non-hydrogen) atoms. The number of rotatable bonds is 10. The lowest BCUT2D eigenvalue weighted by molar-refractivity contribution is -0.144. The van der Waals surface area contributed by atoms with Gasteiger partial charge in [-0.05, 0) is 37.1 Å². The summed E-state index contributed by atoms with van der Waals surface area (Å²) in [6.07, 6.45) is 1.63. The summed E-state index contributed by atoms with van der Waals surface area (Å²) in [5.41, 5.74) is 0. The molecule has 1 aliphatic rings. The van der Waals surface area contributed by atoms with Crippen LogP contribution >= 0.6 is 0 Å². The highest BCUT2D eigenvalue weighted by Gasteiger charge is 2.34. The number of aliphatic carboxylic acids is 1. The molecule has 1 heterocycles. The average molecular weight is 413 g/mol. The Kier molecular flexibility index (Phi) is 9.55. The maximum Gasteiger partial charge on any atom is 0.326 e. The molecule has 1 saturated heterocycles. The second-order valence-corrected chi connectivity index (χ2v) is 8.68. The number of carboxylic acids is 1. The van der Waals surface area contributed by atoms with Crippen molar-refractivity contribution in [2.24, 2.45) is 17.8 Å². The van der Waals surface area contributed by atoms with Crippen LogP contribution in [0.3, 0.4) is 0 Å². The molecule has 9 heteroatoms. The molecule has 9 nitrogen and oxygen atoms in total. The van der Waals surface area contributed by atoms with Crippen molar-refractivity contribution in [3.05, 3.63) is 0 Å². The minimum Gasteiger partial charge on any atom is -0.480 e. The van der Waals surface area contributed by atoms with E-state index in [1.165, 1.54) is 0 Å². The van der Waals surface area contributed by atoms with Gasteiger partial charge < -0.3 is 26.4 Å². The van der Waals surface area contributed by atoms with E-state index < -0.39 is 35.9 Å². The summed E-state index contributed by atoms with van der Waals surface area (Å²) < 4.78 is 0. The third kappa shape index (κ3) is 7.30. The van der Waals surface area contributed by atoms with Gasteiger partial charge in [0.15, 0.2) is 0 Å². The van der Waals surface area contributed by atoms with Crippen molar-refractivity contribution in [3.63, 3.8) is 0 Å². The standard InChI is InChI=1S/C20H36N4O5/c1-10(2)14(22-17(25)13-8-7-9-21-13)18(26)23-15(11(3)4)19(27)24-16(12(5)6)20(28)29/h10-16,21H,7-9H2,1-6H3,(H,22,25)(H,23,26)(H,24,27)(H,28,29). The largest absolute Gasteiger partial charge is 0.480 e. The van der Waals surface area contributed by atoms with Crippen molar-refractivity contribution in [3.8, 4) is 0 Å². The van der Waals surface area contributed by atoms with E-state index in [9.17, 15) is 24.3 Å². The van der Waals surface area contributed by atoms with Crippen molar-refractivity contribution in [2.45, 2.75) is 78.6 Å². The molecule has 0 aromatic heterocycles. The third-order valence-electron chi connectivity index (χ3n) is 5.10. The lowest BCUT2D eigenvalue weighted by Crippen LogP contribution is -2.59. The summed E-state index contributed by atoms with van der Waals surface area (Å²) in [7, 11) is 0. The van der Waals surface area contributed by atoms with E-state index in [-0.39, 0.29) is 29.7 Å². The Balaban J connectivity index is 2.85. The Morgan fingerprint density at radius 2 is 1.24 bits per heavy atom. The average Bonchev–Trinajstić information content (AvgIpc) is 3.15. The van der Waals surface area contributed by atoms with Gasteiger partial charge in [0, 0.05) is 0 Å². The van der Waals surface area contributed by atoms with Crippen LogP contribution in [-0.4, -0.2) is 59.5 Å². The van der Waals surface area contributed by atoms with Gasteiger partial charge in [-0.25, -0.2) is 4.79 Å². The van der Waals surface area contributed by atoms with E-state index in [0.29, 0.717) is 0 Å². The van der Waals surface area contributed by atoms with Crippen LogP contribution < -0.4 is 21.3 Å². The molecule has 0 spiro atoms. The number of hydrogen-bond acceptors (Lipinski definition) is 5. The molecule has 0 aliphatic carbocycles. The van der Waals surface area contributed by atoms with Crippen molar-refractivity contribution in [1.82, 2.24) is 21.3 Å². The van der Waals surface area contributed by atoms with Crippen LogP contribution in [0.1, 0.15) is 54.4 Å². The molecule has 1 aliphatic heterocycles. The van der Waals surface area contributed by atoms with Crippen LogP contribution in [0.4, 0.5) is 0 Å². The maximum atomic E-state index is 12.9. The number of amides is 3. The highest BCUT2D eigenvalue weighted by atomic mass is 16.4. The second-order valence-electron chi connectivity index (χ2n) is 8.68. The Morgan fingerprint density at radius 3 is 1.62 bits per heavy atom. The summed E-state index contributed by atoms with van der Waals surface area (Å²) in [6.45, 7) is 11.3. The first-order chi connectivity index (χ1) is 13.5. The number of carboxylic acid groups (broad SMARTS) is 1. The Bertz CT molecular complexity index is 600. The molecule has 3 amide bonds. The quantitative estimate of drug-likeness (QED) is 0.349. The molecule has 5 N–H and O–H groups in total. The highest BCUT2D eigenvalue weighted by Crippen LogP contribution is 2.10. The van der Waals surface area contributed by atoms with Crippen molar-refractivity contribution >= 4 is 23.7 Å². The Morgan fingerprint density at radius 1 is 0.793 bits per heavy atom. The van der Waals surface area contributed by atoms with Gasteiger partial charge in [-0.2, -0.15) is 0 Å². The lowest BCUT2D eigenvalue weighted by Gasteiger charge is -2.29. The van der Waals surface area contributed by atoms with E-state index >= 15 is 0 Å². The van der Waals surface area contributed by atoms with Crippen molar-refractivity contribution < 1.29 is 24.3 Å². The summed E-state index contributed by atoms with van der Waals surface area (Å²) in [5.74, 6) is -3.12. The van der Waals surface area contributed by atoms with Crippen molar-refractivity contribution in [2.75, 3.05) is 6.54 Å². The van der Waals surface area contributed by atoms with Gasteiger partial charge in [0.05, 0.1) is 6.04 Å². The molecule has 166 valence electrons. The normalized spacial score (nSPS) is 19.7. The first-order valence-corrected chi connectivity index (χ1v) is 10.3. The zero-order chi connectivity index (χ0) is 22.3. The molecular formula is C20H36N4O5. The van der Waals surface area contributed by atoms with E-state index in [1.54, 1.807) is 27.7 Å². The first-order valence-electron chi connectivity index (χ1n) is 10.3. The minimum absolute atomic E-state index is 0.182. The number of carbonyl (C=O) groups excluding carboxylic acids is 3. The second kappa shape index (κ2) is 11.1. The van der Waals surface area contributed by atoms with Gasteiger partial charge in [0.2, 0.25) is 17.7 Å². The van der Waals surface area contributed by atoms with Gasteiger partial charge in [0.1, 0.15) is 18.1 Å². The van der Waals surface area contributed by atoms with Gasteiger partial charge in [-0.3, -0.25) is 14.4 Å². The zero-order valence-electron chi connectivity index (χ0n) is 18.2. The number of carbonyl (C=O) groups is 4. The van der Waals surface area contributed by atoms with Gasteiger partial charge in [0.25, 0.3) is 0 Å². The molecule has 1 fully saturated rings. The Labute approximate surface area is 172 Å². The fraction of sp³-hybridized carbons (Fsp3) is 0.800. The van der Waals surface area contributed by atoms with Crippen LogP contribution in [0.25, 0.3) is 0 Å². The van der Waals surface area contributed by atoms with Gasteiger partial charge >= 0.3 is 5.97 Å². The lowest BCUT2D eigenvalue weighted by atomic mass is 9.98. The maximum absolute atomic E-state index is 12.9. The molecule has 0 saturated carbocycles. The summed E-state index contributed by atoms with van der Waals surface area (Å²) in [4.78, 5) is 49.3. The van der Waals surface area contributed by atoms with Crippen molar-refractivity contribution in [1.29, 1.82) is 0 Å². The van der Waals surface area contributed by atoms with Crippen LogP contribution in [0, 0.1) is 17.8 Å². The molecule has 0 aromatic rings. The molecule has 4 unspecified atom stereocenters. The SMILES string of the molecule is CC(C)C(NC(=O)C(NC(=O)C(NC(=O)C1CCCN1)C(C)C)C(C)C)C(=O)O. The van der Waals surface area contributed by atoms with Crippen LogP contribution in [-0.2, 0) is 19.2 Å². The molecule has 1 rings (SSSR count). The smallest absolute Gasteiger partial charge is 0.326 e. The molecule has 0 radical (unpaired) electrons. The number of hydrogen-bond donors (Lipinski definition) is 5. The van der Waals surface area contributed by atoms with E-state index in [0.717, 1.165) is 19.4 Å². The summed E-state index contributed by atoms with van der Waals surface area (Å²) >= 11 is 0. The fourth-order valence-corrected chi connectivity index (χ4v) is 3.23. The van der Waals surface area contributed by atoms with Crippen LogP contribution in [0.5, 0.6) is 0 Å². The van der Waals surface area contributed by atoms with Crippen LogP contribution in [0.15, 0.2) is 0 Å². The van der Waals surface area contributed by atoms with E-state index in [2.05, 4.69) is 21.3 Å².